The number of aromatic hydroxyl groups is 1. The Morgan fingerprint density at radius 1 is 1.22 bits per heavy atom. The Labute approximate surface area is 162 Å². The summed E-state index contributed by atoms with van der Waals surface area (Å²) in [5, 5.41) is 10.2. The third kappa shape index (κ3) is 5.53. The molecule has 0 unspecified atom stereocenters. The van der Waals surface area contributed by atoms with Crippen molar-refractivity contribution in [2.24, 2.45) is 5.92 Å². The SMILES string of the molecule is COC(=O)C[C@H](c1oc(CSc2ccc(OC)cc2)cc(=O)c1O)C(C)C. The second-order valence-corrected chi connectivity index (χ2v) is 7.43. The van der Waals surface area contributed by atoms with Gasteiger partial charge in [-0.15, -0.1) is 11.8 Å². The Hall–Kier alpha value is -2.41. The van der Waals surface area contributed by atoms with E-state index in [0.717, 1.165) is 10.6 Å². The summed E-state index contributed by atoms with van der Waals surface area (Å²) < 4.78 is 15.7. The lowest BCUT2D eigenvalue weighted by Crippen LogP contribution is -2.16. The third-order valence-corrected chi connectivity index (χ3v) is 5.23. The maximum Gasteiger partial charge on any atom is 0.306 e. The maximum atomic E-state index is 12.2. The highest BCUT2D eigenvalue weighted by molar-refractivity contribution is 7.98. The number of carbonyl (C=O) groups excluding carboxylic acids is 1. The third-order valence-electron chi connectivity index (χ3n) is 4.20. The number of ether oxygens (including phenoxy) is 2. The van der Waals surface area contributed by atoms with E-state index in [9.17, 15) is 14.7 Å². The van der Waals surface area contributed by atoms with Gasteiger partial charge in [-0.3, -0.25) is 9.59 Å². The fourth-order valence-electron chi connectivity index (χ4n) is 2.60. The molecule has 0 radical (unpaired) electrons. The molecule has 0 bridgehead atoms. The summed E-state index contributed by atoms with van der Waals surface area (Å²) in [6, 6.07) is 8.82. The van der Waals surface area contributed by atoms with Gasteiger partial charge in [-0.25, -0.2) is 0 Å². The van der Waals surface area contributed by atoms with Gasteiger partial charge in [0.15, 0.2) is 5.76 Å². The fourth-order valence-corrected chi connectivity index (χ4v) is 3.38. The molecule has 1 atom stereocenters. The van der Waals surface area contributed by atoms with Crippen molar-refractivity contribution in [1.29, 1.82) is 0 Å². The van der Waals surface area contributed by atoms with E-state index in [-0.39, 0.29) is 18.1 Å². The lowest BCUT2D eigenvalue weighted by Gasteiger charge is -2.20. The quantitative estimate of drug-likeness (QED) is 0.538. The first kappa shape index (κ1) is 20.9. The number of carbonyl (C=O) groups is 1. The van der Waals surface area contributed by atoms with Crippen molar-refractivity contribution in [3.63, 3.8) is 0 Å². The first-order valence-electron chi connectivity index (χ1n) is 8.55. The van der Waals surface area contributed by atoms with Crippen molar-refractivity contribution in [2.75, 3.05) is 14.2 Å². The van der Waals surface area contributed by atoms with Crippen LogP contribution in [0.3, 0.4) is 0 Å². The first-order chi connectivity index (χ1) is 12.8. The van der Waals surface area contributed by atoms with Crippen LogP contribution in [0.5, 0.6) is 11.5 Å². The highest BCUT2D eigenvalue weighted by atomic mass is 32.2. The molecule has 0 aliphatic heterocycles. The Kier molecular flexibility index (Phi) is 7.36. The Bertz CT molecular complexity index is 825. The van der Waals surface area contributed by atoms with E-state index in [1.807, 2.05) is 38.1 Å². The summed E-state index contributed by atoms with van der Waals surface area (Å²) in [6.07, 6.45) is 0.0275. The average Bonchev–Trinajstić information content (AvgIpc) is 2.67. The zero-order valence-electron chi connectivity index (χ0n) is 15.9. The molecule has 1 aromatic heterocycles. The van der Waals surface area contributed by atoms with Crippen LogP contribution in [-0.2, 0) is 15.3 Å². The zero-order chi connectivity index (χ0) is 20.0. The minimum absolute atomic E-state index is 0.0253. The summed E-state index contributed by atoms with van der Waals surface area (Å²) in [6.45, 7) is 3.79. The van der Waals surface area contributed by atoms with Crippen LogP contribution < -0.4 is 10.2 Å². The molecule has 0 spiro atoms. The predicted molar refractivity (Wildman–Crippen MR) is 103 cm³/mol. The fraction of sp³-hybridized carbons (Fsp3) is 0.400. The monoisotopic (exact) mass is 392 g/mol. The molecule has 1 aromatic carbocycles. The Morgan fingerprint density at radius 3 is 2.44 bits per heavy atom. The van der Waals surface area contributed by atoms with Crippen molar-refractivity contribution in [2.45, 2.75) is 36.8 Å². The van der Waals surface area contributed by atoms with E-state index >= 15 is 0 Å². The second kappa shape index (κ2) is 9.50. The highest BCUT2D eigenvalue weighted by Gasteiger charge is 2.27. The number of hydrogen-bond acceptors (Lipinski definition) is 7. The van der Waals surface area contributed by atoms with Gasteiger partial charge >= 0.3 is 5.97 Å². The number of benzene rings is 1. The summed E-state index contributed by atoms with van der Waals surface area (Å²) >= 11 is 1.49. The number of methoxy groups -OCH3 is 2. The number of hydrogen-bond donors (Lipinski definition) is 1. The lowest BCUT2D eigenvalue weighted by molar-refractivity contribution is -0.141. The van der Waals surface area contributed by atoms with Gasteiger partial charge in [0, 0.05) is 16.9 Å². The topological polar surface area (TPSA) is 86.0 Å². The van der Waals surface area contributed by atoms with Crippen molar-refractivity contribution in [1.82, 2.24) is 0 Å². The van der Waals surface area contributed by atoms with Crippen LogP contribution in [0.15, 0.2) is 44.4 Å². The molecule has 0 amide bonds. The van der Waals surface area contributed by atoms with Gasteiger partial charge < -0.3 is 19.0 Å². The average molecular weight is 392 g/mol. The van der Waals surface area contributed by atoms with Crippen LogP contribution >= 0.6 is 11.8 Å². The number of rotatable bonds is 8. The van der Waals surface area contributed by atoms with Crippen LogP contribution in [0.1, 0.15) is 37.7 Å². The van der Waals surface area contributed by atoms with E-state index in [0.29, 0.717) is 11.5 Å². The van der Waals surface area contributed by atoms with Crippen LogP contribution in [0.2, 0.25) is 0 Å². The molecule has 0 saturated heterocycles. The van der Waals surface area contributed by atoms with Gasteiger partial charge in [-0.05, 0) is 30.2 Å². The molecule has 2 aromatic rings. The minimum Gasteiger partial charge on any atom is -0.502 e. The molecular formula is C20H24O6S. The van der Waals surface area contributed by atoms with E-state index < -0.39 is 23.1 Å². The van der Waals surface area contributed by atoms with Crippen LogP contribution in [0.25, 0.3) is 0 Å². The summed E-state index contributed by atoms with van der Waals surface area (Å²) in [5.74, 6) is 0.402. The molecule has 0 aliphatic carbocycles. The van der Waals surface area contributed by atoms with E-state index in [1.165, 1.54) is 24.9 Å². The molecule has 7 heteroatoms. The maximum absolute atomic E-state index is 12.2. The normalized spacial score (nSPS) is 12.0. The van der Waals surface area contributed by atoms with Crippen molar-refractivity contribution in [3.8, 4) is 11.5 Å². The van der Waals surface area contributed by atoms with E-state index in [4.69, 9.17) is 13.9 Å². The molecule has 0 aliphatic rings. The van der Waals surface area contributed by atoms with Gasteiger partial charge in [0.25, 0.3) is 0 Å². The molecule has 146 valence electrons. The minimum atomic E-state index is -0.517. The summed E-state index contributed by atoms with van der Waals surface area (Å²) in [4.78, 5) is 24.9. The van der Waals surface area contributed by atoms with Gasteiger partial charge in [0.1, 0.15) is 11.5 Å². The van der Waals surface area contributed by atoms with Crippen molar-refractivity contribution >= 4 is 17.7 Å². The van der Waals surface area contributed by atoms with Gasteiger partial charge in [-0.1, -0.05) is 13.8 Å². The Morgan fingerprint density at radius 2 is 1.89 bits per heavy atom. The molecule has 1 heterocycles. The standard InChI is InChI=1S/C20H24O6S/c1-12(2)16(10-18(22)25-4)20-19(23)17(21)9-14(26-20)11-27-15-7-5-13(24-3)6-8-15/h5-9,12,16,23H,10-11H2,1-4H3/t16-/m0/s1. The first-order valence-corrected chi connectivity index (χ1v) is 9.53. The van der Waals surface area contributed by atoms with Crippen molar-refractivity contribution < 1.29 is 23.8 Å². The molecular weight excluding hydrogens is 368 g/mol. The molecule has 2 rings (SSSR count). The van der Waals surface area contributed by atoms with Gasteiger partial charge in [0.05, 0.1) is 26.4 Å². The largest absolute Gasteiger partial charge is 0.502 e. The molecule has 0 saturated carbocycles. The summed E-state index contributed by atoms with van der Waals surface area (Å²) in [5.41, 5.74) is -0.517. The zero-order valence-corrected chi connectivity index (χ0v) is 16.7. The molecule has 6 nitrogen and oxygen atoms in total. The van der Waals surface area contributed by atoms with Gasteiger partial charge in [0.2, 0.25) is 11.2 Å². The van der Waals surface area contributed by atoms with Crippen LogP contribution in [0, 0.1) is 5.92 Å². The van der Waals surface area contributed by atoms with E-state index in [1.54, 1.807) is 7.11 Å². The second-order valence-electron chi connectivity index (χ2n) is 6.38. The molecule has 27 heavy (non-hydrogen) atoms. The Balaban J connectivity index is 2.25. The predicted octanol–water partition coefficient (Wildman–Crippen LogP) is 3.95. The van der Waals surface area contributed by atoms with Gasteiger partial charge in [-0.2, -0.15) is 0 Å². The smallest absolute Gasteiger partial charge is 0.306 e. The van der Waals surface area contributed by atoms with E-state index in [2.05, 4.69) is 0 Å². The lowest BCUT2D eigenvalue weighted by atomic mass is 9.89. The van der Waals surface area contributed by atoms with Crippen LogP contribution in [-0.4, -0.2) is 25.3 Å². The number of thioether (sulfide) groups is 1. The summed E-state index contributed by atoms with van der Waals surface area (Å²) in [7, 11) is 2.91. The molecule has 0 fully saturated rings. The van der Waals surface area contributed by atoms with Crippen LogP contribution in [0.4, 0.5) is 0 Å². The highest BCUT2D eigenvalue weighted by Crippen LogP contribution is 2.34. The number of esters is 1. The molecule has 1 N–H and O–H groups in total. The van der Waals surface area contributed by atoms with Crippen molar-refractivity contribution in [3.05, 3.63) is 52.1 Å².